The minimum absolute atomic E-state index is 0.448. The first-order valence-corrected chi connectivity index (χ1v) is 8.12. The van der Waals surface area contributed by atoms with Gasteiger partial charge in [0.15, 0.2) is 12.0 Å². The van der Waals surface area contributed by atoms with Crippen LogP contribution in [0.15, 0.2) is 77.8 Å². The fourth-order valence-corrected chi connectivity index (χ4v) is 2.39. The van der Waals surface area contributed by atoms with Crippen LogP contribution in [0.5, 0.6) is 5.88 Å². The van der Waals surface area contributed by atoms with Gasteiger partial charge < -0.3 is 9.26 Å². The summed E-state index contributed by atoms with van der Waals surface area (Å²) < 4.78 is 12.7. The predicted molar refractivity (Wildman–Crippen MR) is 91.8 cm³/mol. The van der Waals surface area contributed by atoms with Gasteiger partial charge in [-0.1, -0.05) is 35.0 Å². The number of aromatic nitrogens is 5. The molecule has 3 aromatic heterocycles. The Hall–Kier alpha value is -3.61. The SMILES string of the molecule is c1ccc(COc2cc(C[n+]3ccc(-c4ncccn4)cn3)on2)cc1. The molecular formula is C19H16N5O2+. The molecule has 0 aliphatic rings. The van der Waals surface area contributed by atoms with Gasteiger partial charge in [-0.3, -0.25) is 0 Å². The Morgan fingerprint density at radius 3 is 2.62 bits per heavy atom. The maximum atomic E-state index is 5.64. The number of hydrogen-bond donors (Lipinski definition) is 0. The van der Waals surface area contributed by atoms with Crippen molar-refractivity contribution in [2.45, 2.75) is 13.2 Å². The van der Waals surface area contributed by atoms with E-state index in [0.29, 0.717) is 30.6 Å². The molecule has 0 amide bonds. The van der Waals surface area contributed by atoms with Gasteiger partial charge in [0.1, 0.15) is 12.8 Å². The third kappa shape index (κ3) is 3.89. The summed E-state index contributed by atoms with van der Waals surface area (Å²) in [6, 6.07) is 15.4. The molecule has 4 rings (SSSR count). The number of rotatable bonds is 6. The van der Waals surface area contributed by atoms with E-state index in [0.717, 1.165) is 11.1 Å². The van der Waals surface area contributed by atoms with E-state index in [-0.39, 0.29) is 0 Å². The zero-order valence-corrected chi connectivity index (χ0v) is 13.9. The van der Waals surface area contributed by atoms with E-state index in [4.69, 9.17) is 9.26 Å². The molecule has 26 heavy (non-hydrogen) atoms. The molecule has 0 saturated carbocycles. The van der Waals surface area contributed by atoms with Crippen LogP contribution in [-0.4, -0.2) is 20.2 Å². The molecule has 3 heterocycles. The summed E-state index contributed by atoms with van der Waals surface area (Å²) in [7, 11) is 0. The molecule has 0 saturated heterocycles. The first kappa shape index (κ1) is 15.9. The van der Waals surface area contributed by atoms with E-state index in [9.17, 15) is 0 Å². The third-order valence-corrected chi connectivity index (χ3v) is 3.68. The van der Waals surface area contributed by atoms with Crippen LogP contribution in [0.1, 0.15) is 11.3 Å². The summed E-state index contributed by atoms with van der Waals surface area (Å²) in [4.78, 5) is 8.41. The van der Waals surface area contributed by atoms with Gasteiger partial charge in [-0.15, -0.1) is 0 Å². The first-order valence-electron chi connectivity index (χ1n) is 8.12. The zero-order chi connectivity index (χ0) is 17.6. The Bertz CT molecular complexity index is 956. The van der Waals surface area contributed by atoms with Crippen molar-refractivity contribution in [3.8, 4) is 17.3 Å². The van der Waals surface area contributed by atoms with Crippen LogP contribution in [0.3, 0.4) is 0 Å². The molecule has 1 aromatic carbocycles. The minimum atomic E-state index is 0.448. The zero-order valence-electron chi connectivity index (χ0n) is 13.9. The first-order chi connectivity index (χ1) is 12.9. The van der Waals surface area contributed by atoms with Gasteiger partial charge in [0.25, 0.3) is 5.88 Å². The maximum absolute atomic E-state index is 5.64. The molecule has 0 N–H and O–H groups in total. The fraction of sp³-hybridized carbons (Fsp3) is 0.105. The highest BCUT2D eigenvalue weighted by Crippen LogP contribution is 2.14. The Balaban J connectivity index is 1.38. The molecule has 4 aromatic rings. The summed E-state index contributed by atoms with van der Waals surface area (Å²) in [5.41, 5.74) is 1.93. The van der Waals surface area contributed by atoms with E-state index in [2.05, 4.69) is 20.2 Å². The third-order valence-electron chi connectivity index (χ3n) is 3.68. The average Bonchev–Trinajstić information content (AvgIpc) is 3.16. The molecule has 128 valence electrons. The Morgan fingerprint density at radius 2 is 1.85 bits per heavy atom. The largest absolute Gasteiger partial charge is 0.471 e. The van der Waals surface area contributed by atoms with Crippen LogP contribution >= 0.6 is 0 Å². The van der Waals surface area contributed by atoms with Crippen LogP contribution in [0.25, 0.3) is 11.4 Å². The van der Waals surface area contributed by atoms with Crippen LogP contribution in [-0.2, 0) is 13.2 Å². The lowest BCUT2D eigenvalue weighted by Crippen LogP contribution is -2.37. The van der Waals surface area contributed by atoms with Crippen molar-refractivity contribution in [1.82, 2.24) is 20.2 Å². The smallest absolute Gasteiger partial charge is 0.254 e. The van der Waals surface area contributed by atoms with Gasteiger partial charge in [0, 0.05) is 24.0 Å². The molecule has 0 unspecified atom stereocenters. The summed E-state index contributed by atoms with van der Waals surface area (Å²) >= 11 is 0. The average molecular weight is 346 g/mol. The molecular weight excluding hydrogens is 330 g/mol. The van der Waals surface area contributed by atoms with E-state index in [1.807, 2.05) is 42.6 Å². The molecule has 0 aliphatic carbocycles. The lowest BCUT2D eigenvalue weighted by molar-refractivity contribution is -0.747. The Morgan fingerprint density at radius 1 is 1.00 bits per heavy atom. The molecule has 0 radical (unpaired) electrons. The van der Waals surface area contributed by atoms with Crippen LogP contribution < -0.4 is 9.42 Å². The van der Waals surface area contributed by atoms with Crippen molar-refractivity contribution in [2.75, 3.05) is 0 Å². The Kier molecular flexibility index (Phi) is 4.60. The number of hydrogen-bond acceptors (Lipinski definition) is 6. The van der Waals surface area contributed by atoms with E-state index >= 15 is 0 Å². The second kappa shape index (κ2) is 7.52. The van der Waals surface area contributed by atoms with Gasteiger partial charge >= 0.3 is 0 Å². The molecule has 0 bridgehead atoms. The summed E-state index contributed by atoms with van der Waals surface area (Å²) in [6.07, 6.45) is 6.97. The summed E-state index contributed by atoms with van der Waals surface area (Å²) in [5, 5.41) is 8.30. The minimum Gasteiger partial charge on any atom is -0.471 e. The van der Waals surface area contributed by atoms with E-state index in [1.165, 1.54) is 0 Å². The van der Waals surface area contributed by atoms with Crippen molar-refractivity contribution in [3.05, 3.63) is 84.6 Å². The van der Waals surface area contributed by atoms with Crippen LogP contribution in [0.2, 0.25) is 0 Å². The normalized spacial score (nSPS) is 10.6. The summed E-state index contributed by atoms with van der Waals surface area (Å²) in [6.45, 7) is 0.904. The highest BCUT2D eigenvalue weighted by molar-refractivity contribution is 5.51. The van der Waals surface area contributed by atoms with Gasteiger partial charge in [-0.25, -0.2) is 9.97 Å². The molecule has 0 atom stereocenters. The van der Waals surface area contributed by atoms with E-state index < -0.39 is 0 Å². The molecule has 7 heteroatoms. The van der Waals surface area contributed by atoms with Gasteiger partial charge in [-0.2, -0.15) is 0 Å². The van der Waals surface area contributed by atoms with Crippen molar-refractivity contribution in [2.24, 2.45) is 0 Å². The number of nitrogens with zero attached hydrogens (tertiary/aromatic N) is 5. The lowest BCUT2D eigenvalue weighted by Gasteiger charge is -2.00. The monoisotopic (exact) mass is 346 g/mol. The summed E-state index contributed by atoms with van der Waals surface area (Å²) in [5.74, 6) is 1.76. The van der Waals surface area contributed by atoms with Crippen LogP contribution in [0, 0.1) is 0 Å². The lowest BCUT2D eigenvalue weighted by atomic mass is 10.2. The second-order valence-electron chi connectivity index (χ2n) is 5.59. The van der Waals surface area contributed by atoms with Crippen molar-refractivity contribution in [3.63, 3.8) is 0 Å². The molecule has 0 fully saturated rings. The van der Waals surface area contributed by atoms with Crippen molar-refractivity contribution in [1.29, 1.82) is 0 Å². The number of ether oxygens (including phenoxy) is 1. The van der Waals surface area contributed by atoms with Crippen LogP contribution in [0.4, 0.5) is 0 Å². The van der Waals surface area contributed by atoms with Gasteiger partial charge in [-0.05, 0) is 21.9 Å². The topological polar surface area (TPSA) is 77.8 Å². The molecule has 7 nitrogen and oxygen atoms in total. The van der Waals surface area contributed by atoms with Gasteiger partial charge in [0.2, 0.25) is 12.3 Å². The van der Waals surface area contributed by atoms with Gasteiger partial charge in [0.05, 0.1) is 6.07 Å². The highest BCUT2D eigenvalue weighted by atomic mass is 16.5. The highest BCUT2D eigenvalue weighted by Gasteiger charge is 2.13. The Labute approximate surface area is 149 Å². The predicted octanol–water partition coefficient (Wildman–Crippen LogP) is 2.44. The maximum Gasteiger partial charge on any atom is 0.254 e. The molecule has 0 aliphatic heterocycles. The second-order valence-corrected chi connectivity index (χ2v) is 5.59. The molecule has 0 spiro atoms. The number of benzene rings is 1. The standard InChI is InChI=1S/C19H16N5O2/c1-2-5-15(6-3-1)14-25-18-11-17(26-23-18)13-24-10-7-16(12-22-24)19-20-8-4-9-21-19/h1-12H,13-14H2/q+1. The van der Waals surface area contributed by atoms with Crippen molar-refractivity contribution >= 4 is 0 Å². The fourth-order valence-electron chi connectivity index (χ4n) is 2.39. The van der Waals surface area contributed by atoms with Crippen molar-refractivity contribution < 1.29 is 13.9 Å². The van der Waals surface area contributed by atoms with E-state index in [1.54, 1.807) is 35.4 Å². The quantitative estimate of drug-likeness (QED) is 0.499.